The summed E-state index contributed by atoms with van der Waals surface area (Å²) in [6, 6.07) is 0. The predicted molar refractivity (Wildman–Crippen MR) is 41.1 cm³/mol. The lowest BCUT2D eigenvalue weighted by atomic mass is 10.2. The minimum Gasteiger partial charge on any atom is -0.340 e. The topological polar surface area (TPSA) is 29.5 Å². The van der Waals surface area contributed by atoms with Gasteiger partial charge in [-0.2, -0.15) is 5.06 Å². The van der Waals surface area contributed by atoms with Crippen LogP contribution in [0, 0.1) is 0 Å². The summed E-state index contributed by atoms with van der Waals surface area (Å²) in [6.45, 7) is 4.24. The normalized spacial score (nSPS) is 17.1. The molecule has 1 aliphatic rings. The van der Waals surface area contributed by atoms with Crippen LogP contribution in [0.4, 0.5) is 0 Å². The Bertz CT molecular complexity index is 200. The first-order valence-corrected chi connectivity index (χ1v) is 3.50. The molecule has 1 rings (SSSR count). The highest BCUT2D eigenvalue weighted by Crippen LogP contribution is 2.18. The van der Waals surface area contributed by atoms with Crippen molar-refractivity contribution in [2.24, 2.45) is 0 Å². The number of nitrogens with zero attached hydrogens (tertiary/aromatic N) is 1. The summed E-state index contributed by atoms with van der Waals surface area (Å²) in [7, 11) is 0. The maximum absolute atomic E-state index is 10.0. The molecule has 0 aromatic carbocycles. The molecule has 1 heterocycles. The van der Waals surface area contributed by atoms with E-state index in [1.807, 2.05) is 26.0 Å². The molecule has 0 aromatic rings. The molecule has 0 amide bonds. The van der Waals surface area contributed by atoms with Crippen LogP contribution in [-0.4, -0.2) is 11.5 Å². The van der Waals surface area contributed by atoms with Gasteiger partial charge >= 0.3 is 6.47 Å². The molecule has 11 heavy (non-hydrogen) atoms. The van der Waals surface area contributed by atoms with Gasteiger partial charge in [-0.25, -0.2) is 0 Å². The lowest BCUT2D eigenvalue weighted by molar-refractivity contribution is -0.157. The molecule has 0 bridgehead atoms. The molecule has 0 unspecified atom stereocenters. The van der Waals surface area contributed by atoms with Crippen LogP contribution in [-0.2, 0) is 9.63 Å². The Morgan fingerprint density at radius 3 is 2.45 bits per heavy atom. The molecule has 3 heteroatoms. The summed E-state index contributed by atoms with van der Waals surface area (Å²) in [6.07, 6.45) is 4.91. The highest BCUT2D eigenvalue weighted by Gasteiger charge is 2.10. The van der Waals surface area contributed by atoms with Gasteiger partial charge in [0.05, 0.1) is 11.4 Å². The van der Waals surface area contributed by atoms with Gasteiger partial charge in [0, 0.05) is 0 Å². The fourth-order valence-corrected chi connectivity index (χ4v) is 1.05. The first kappa shape index (κ1) is 7.85. The summed E-state index contributed by atoms with van der Waals surface area (Å²) in [5.74, 6) is 0. The summed E-state index contributed by atoms with van der Waals surface area (Å²) in [4.78, 5) is 14.8. The molecule has 0 spiro atoms. The van der Waals surface area contributed by atoms with Crippen LogP contribution in [0.15, 0.2) is 23.5 Å². The Labute approximate surface area is 65.9 Å². The zero-order valence-corrected chi connectivity index (χ0v) is 6.70. The van der Waals surface area contributed by atoms with Crippen molar-refractivity contribution in [1.82, 2.24) is 5.06 Å². The summed E-state index contributed by atoms with van der Waals surface area (Å²) in [5, 5.41) is 1.51. The summed E-state index contributed by atoms with van der Waals surface area (Å²) < 4.78 is 0. The summed E-state index contributed by atoms with van der Waals surface area (Å²) in [5.41, 5.74) is 1.91. The van der Waals surface area contributed by atoms with Gasteiger partial charge in [0.1, 0.15) is 0 Å². The van der Waals surface area contributed by atoms with E-state index in [0.717, 1.165) is 17.8 Å². The van der Waals surface area contributed by atoms with Gasteiger partial charge in [0.15, 0.2) is 0 Å². The first-order chi connectivity index (χ1) is 5.25. The molecule has 0 aliphatic carbocycles. The maximum atomic E-state index is 10.0. The van der Waals surface area contributed by atoms with Gasteiger partial charge in [-0.1, -0.05) is 12.2 Å². The number of allylic oxidation sites excluding steroid dienone is 4. The molecule has 60 valence electrons. The zero-order chi connectivity index (χ0) is 8.27. The van der Waals surface area contributed by atoms with Crippen LogP contribution >= 0.6 is 0 Å². The quantitative estimate of drug-likeness (QED) is 0.564. The van der Waals surface area contributed by atoms with Gasteiger partial charge < -0.3 is 4.84 Å². The molecule has 0 saturated heterocycles. The fraction of sp³-hybridized carbons (Fsp3) is 0.375. The zero-order valence-electron chi connectivity index (χ0n) is 6.70. The number of carbonyl (C=O) groups excluding carboxylic acids is 1. The third kappa shape index (κ3) is 1.61. The molecule has 3 nitrogen and oxygen atoms in total. The largest absolute Gasteiger partial charge is 0.340 e. The van der Waals surface area contributed by atoms with E-state index < -0.39 is 0 Å². The van der Waals surface area contributed by atoms with Crippen LogP contribution in [0.3, 0.4) is 0 Å². The van der Waals surface area contributed by atoms with E-state index in [-0.39, 0.29) is 0 Å². The molecule has 0 atom stereocenters. The van der Waals surface area contributed by atoms with E-state index in [1.165, 1.54) is 5.06 Å². The minimum atomic E-state index is 0.431. The lowest BCUT2D eigenvalue weighted by Gasteiger charge is -2.24. The molecule has 0 N–H and O–H groups in total. The Balaban J connectivity index is 2.71. The number of hydrogen-bond donors (Lipinski definition) is 0. The van der Waals surface area contributed by atoms with Crippen molar-refractivity contribution < 1.29 is 9.63 Å². The van der Waals surface area contributed by atoms with Crippen molar-refractivity contribution in [3.8, 4) is 0 Å². The third-order valence-electron chi connectivity index (χ3n) is 1.62. The van der Waals surface area contributed by atoms with Crippen molar-refractivity contribution in [3.05, 3.63) is 23.5 Å². The Morgan fingerprint density at radius 1 is 1.45 bits per heavy atom. The molecular formula is C8H11NO2. The summed E-state index contributed by atoms with van der Waals surface area (Å²) >= 11 is 0. The highest BCUT2D eigenvalue weighted by atomic mass is 16.7. The molecule has 0 fully saturated rings. The molecule has 1 aliphatic heterocycles. The van der Waals surface area contributed by atoms with Gasteiger partial charge in [-0.15, -0.1) is 0 Å². The van der Waals surface area contributed by atoms with Crippen molar-refractivity contribution in [2.75, 3.05) is 0 Å². The Kier molecular flexibility index (Phi) is 2.31. The number of hydroxylamine groups is 2. The minimum absolute atomic E-state index is 0.431. The average molecular weight is 153 g/mol. The van der Waals surface area contributed by atoms with Crippen LogP contribution in [0.1, 0.15) is 20.3 Å². The van der Waals surface area contributed by atoms with Gasteiger partial charge in [0.2, 0.25) is 0 Å². The fourth-order valence-electron chi connectivity index (χ4n) is 1.05. The number of rotatable bonds is 2. The third-order valence-corrected chi connectivity index (χ3v) is 1.62. The van der Waals surface area contributed by atoms with Gasteiger partial charge in [-0.3, -0.25) is 4.79 Å². The van der Waals surface area contributed by atoms with E-state index in [9.17, 15) is 4.79 Å². The monoisotopic (exact) mass is 153 g/mol. The molecule has 0 saturated carbocycles. The van der Waals surface area contributed by atoms with E-state index in [1.54, 1.807) is 0 Å². The predicted octanol–water partition coefficient (Wildman–Crippen LogP) is 1.59. The molecule has 0 radical (unpaired) electrons. The van der Waals surface area contributed by atoms with E-state index >= 15 is 0 Å². The number of hydrogen-bond acceptors (Lipinski definition) is 3. The second-order valence-electron chi connectivity index (χ2n) is 2.42. The van der Waals surface area contributed by atoms with Crippen molar-refractivity contribution in [3.63, 3.8) is 0 Å². The first-order valence-electron chi connectivity index (χ1n) is 3.50. The molecular weight excluding hydrogens is 142 g/mol. The lowest BCUT2D eigenvalue weighted by Crippen LogP contribution is -2.21. The van der Waals surface area contributed by atoms with Crippen LogP contribution in [0.2, 0.25) is 0 Å². The second-order valence-corrected chi connectivity index (χ2v) is 2.42. The second kappa shape index (κ2) is 3.23. The Morgan fingerprint density at radius 2 is 2.00 bits per heavy atom. The van der Waals surface area contributed by atoms with Crippen LogP contribution in [0.5, 0.6) is 0 Å². The van der Waals surface area contributed by atoms with Crippen LogP contribution < -0.4 is 0 Å². The standard InChI is InChI=1S/C8H11NO2/c1-7-4-3-5-8(2)9(7)11-6-10/h4-6H,3H2,1-2H3. The van der Waals surface area contributed by atoms with Crippen molar-refractivity contribution >= 4 is 6.47 Å². The van der Waals surface area contributed by atoms with E-state index in [0.29, 0.717) is 6.47 Å². The number of carbonyl (C=O) groups is 1. The van der Waals surface area contributed by atoms with E-state index in [2.05, 4.69) is 0 Å². The SMILES string of the molecule is CC1=CCC=C(C)N1OC=O. The van der Waals surface area contributed by atoms with E-state index in [4.69, 9.17) is 4.84 Å². The average Bonchev–Trinajstić information content (AvgIpc) is 1.97. The van der Waals surface area contributed by atoms with Crippen LogP contribution in [0.25, 0.3) is 0 Å². The maximum Gasteiger partial charge on any atom is 0.321 e. The highest BCUT2D eigenvalue weighted by molar-refractivity contribution is 5.37. The van der Waals surface area contributed by atoms with Gasteiger partial charge in [-0.05, 0) is 20.3 Å². The smallest absolute Gasteiger partial charge is 0.321 e. The molecule has 0 aromatic heterocycles. The van der Waals surface area contributed by atoms with Gasteiger partial charge in [0.25, 0.3) is 0 Å². The Hall–Kier alpha value is -1.25. The van der Waals surface area contributed by atoms with Crippen molar-refractivity contribution in [2.45, 2.75) is 20.3 Å². The van der Waals surface area contributed by atoms with Crippen molar-refractivity contribution in [1.29, 1.82) is 0 Å².